The van der Waals surface area contributed by atoms with E-state index < -0.39 is 0 Å². The van der Waals surface area contributed by atoms with Crippen LogP contribution in [-0.2, 0) is 13.1 Å². The normalized spacial score (nSPS) is 12.7. The van der Waals surface area contributed by atoms with Gasteiger partial charge in [-0.05, 0) is 51.3 Å². The van der Waals surface area contributed by atoms with Gasteiger partial charge in [-0.15, -0.1) is 0 Å². The Morgan fingerprint density at radius 2 is 1.85 bits per heavy atom. The summed E-state index contributed by atoms with van der Waals surface area (Å²) in [4.78, 5) is 7.36. The van der Waals surface area contributed by atoms with Gasteiger partial charge >= 0.3 is 0 Å². The van der Waals surface area contributed by atoms with E-state index in [1.165, 1.54) is 16.7 Å². The Hall–Kier alpha value is -2.79. The van der Waals surface area contributed by atoms with Crippen LogP contribution >= 0.6 is 15.9 Å². The van der Waals surface area contributed by atoms with Crippen LogP contribution in [0.4, 0.5) is 5.82 Å². The zero-order valence-electron chi connectivity index (χ0n) is 14.9. The Morgan fingerprint density at radius 3 is 2.67 bits per heavy atom. The van der Waals surface area contributed by atoms with Gasteiger partial charge in [0.05, 0.1) is 11.6 Å². The van der Waals surface area contributed by atoms with Gasteiger partial charge in [0.25, 0.3) is 0 Å². The van der Waals surface area contributed by atoms with Crippen molar-refractivity contribution < 1.29 is 4.74 Å². The first-order valence-corrected chi connectivity index (χ1v) is 9.66. The zero-order chi connectivity index (χ0) is 18.4. The van der Waals surface area contributed by atoms with Crippen molar-refractivity contribution >= 4 is 27.4 Å². The summed E-state index contributed by atoms with van der Waals surface area (Å²) in [6.45, 7) is 1.67. The Kier molecular flexibility index (Phi) is 3.90. The molecule has 1 aliphatic heterocycles. The van der Waals surface area contributed by atoms with Crippen molar-refractivity contribution in [2.45, 2.75) is 13.1 Å². The standard InChI is InChI=1S/C22H18BrN3O/c1-27-17-10-8-15(9-11-17)13-25-14-16-5-2-3-6-18(16)20-22(25)26-12-4-7-19(23)21(26)24-20/h2-12H,13-14H2,1H3. The smallest absolute Gasteiger partial charge is 0.153 e. The molecule has 0 bridgehead atoms. The van der Waals surface area contributed by atoms with Crippen LogP contribution < -0.4 is 9.64 Å². The van der Waals surface area contributed by atoms with Crippen LogP contribution in [0.2, 0.25) is 0 Å². The highest BCUT2D eigenvalue weighted by Gasteiger charge is 2.27. The lowest BCUT2D eigenvalue weighted by atomic mass is 9.99. The third-order valence-corrected chi connectivity index (χ3v) is 5.66. The molecule has 0 N–H and O–H groups in total. The molecule has 0 atom stereocenters. The molecule has 0 fully saturated rings. The summed E-state index contributed by atoms with van der Waals surface area (Å²) in [6.07, 6.45) is 2.08. The lowest BCUT2D eigenvalue weighted by Gasteiger charge is -2.30. The largest absolute Gasteiger partial charge is 0.497 e. The van der Waals surface area contributed by atoms with Gasteiger partial charge < -0.3 is 9.64 Å². The number of aromatic nitrogens is 2. The second-order valence-corrected chi connectivity index (χ2v) is 7.55. The molecule has 3 heterocycles. The van der Waals surface area contributed by atoms with Crippen LogP contribution in [0.3, 0.4) is 0 Å². The highest BCUT2D eigenvalue weighted by Crippen LogP contribution is 2.40. The topological polar surface area (TPSA) is 29.8 Å². The summed E-state index contributed by atoms with van der Waals surface area (Å²) in [5, 5.41) is 0. The molecule has 0 radical (unpaired) electrons. The van der Waals surface area contributed by atoms with Crippen molar-refractivity contribution in [2.24, 2.45) is 0 Å². The molecule has 0 amide bonds. The average Bonchev–Trinajstić information content (AvgIpc) is 3.10. The number of hydrogen-bond acceptors (Lipinski definition) is 3. The van der Waals surface area contributed by atoms with Crippen molar-refractivity contribution in [1.82, 2.24) is 9.38 Å². The number of methoxy groups -OCH3 is 1. The molecule has 0 saturated carbocycles. The number of hydrogen-bond donors (Lipinski definition) is 0. The number of ether oxygens (including phenoxy) is 1. The van der Waals surface area contributed by atoms with E-state index in [0.717, 1.165) is 40.5 Å². The van der Waals surface area contributed by atoms with Crippen LogP contribution in [0.25, 0.3) is 16.9 Å². The van der Waals surface area contributed by atoms with Crippen molar-refractivity contribution in [3.8, 4) is 17.0 Å². The fourth-order valence-electron chi connectivity index (χ4n) is 3.76. The number of nitrogens with zero attached hydrogens (tertiary/aromatic N) is 3. The van der Waals surface area contributed by atoms with Crippen molar-refractivity contribution in [2.75, 3.05) is 12.0 Å². The van der Waals surface area contributed by atoms with Crippen molar-refractivity contribution in [1.29, 1.82) is 0 Å². The zero-order valence-corrected chi connectivity index (χ0v) is 16.5. The maximum absolute atomic E-state index is 5.29. The second-order valence-electron chi connectivity index (χ2n) is 6.70. The molecule has 2 aromatic heterocycles. The second kappa shape index (κ2) is 6.43. The van der Waals surface area contributed by atoms with Crippen molar-refractivity contribution in [3.63, 3.8) is 0 Å². The molecule has 5 heteroatoms. The van der Waals surface area contributed by atoms with Gasteiger partial charge in [-0.1, -0.05) is 36.4 Å². The van der Waals surface area contributed by atoms with E-state index in [1.54, 1.807) is 7.11 Å². The Bertz CT molecular complexity index is 1130. The number of benzene rings is 2. The van der Waals surface area contributed by atoms with E-state index >= 15 is 0 Å². The Labute approximate surface area is 166 Å². The summed E-state index contributed by atoms with van der Waals surface area (Å²) in [5.41, 5.74) is 5.74. The molecular weight excluding hydrogens is 402 g/mol. The van der Waals surface area contributed by atoms with E-state index in [4.69, 9.17) is 9.72 Å². The quantitative estimate of drug-likeness (QED) is 0.451. The molecule has 0 aliphatic carbocycles. The molecule has 27 heavy (non-hydrogen) atoms. The summed E-state index contributed by atoms with van der Waals surface area (Å²) in [5.74, 6) is 2.02. The van der Waals surface area contributed by atoms with Crippen LogP contribution in [-0.4, -0.2) is 16.5 Å². The van der Waals surface area contributed by atoms with Gasteiger partial charge in [-0.3, -0.25) is 4.40 Å². The minimum absolute atomic E-state index is 0.811. The third-order valence-electron chi connectivity index (χ3n) is 5.04. The molecule has 0 unspecified atom stereocenters. The minimum atomic E-state index is 0.811. The number of rotatable bonds is 3. The fraction of sp³-hybridized carbons (Fsp3) is 0.136. The summed E-state index contributed by atoms with van der Waals surface area (Å²) < 4.78 is 8.47. The SMILES string of the molecule is COc1ccc(CN2Cc3ccccc3-c3nc4c(Br)cccn4c32)cc1. The Morgan fingerprint density at radius 1 is 1.04 bits per heavy atom. The van der Waals surface area contributed by atoms with Gasteiger partial charge in [-0.25, -0.2) is 4.98 Å². The number of pyridine rings is 1. The number of anilines is 1. The highest BCUT2D eigenvalue weighted by molar-refractivity contribution is 9.10. The molecule has 0 saturated heterocycles. The monoisotopic (exact) mass is 419 g/mol. The van der Waals surface area contributed by atoms with Gasteiger partial charge in [0, 0.05) is 24.8 Å². The molecule has 2 aromatic carbocycles. The van der Waals surface area contributed by atoms with E-state index in [0.29, 0.717) is 0 Å². The van der Waals surface area contributed by atoms with Crippen LogP contribution in [0.1, 0.15) is 11.1 Å². The first-order valence-electron chi connectivity index (χ1n) is 8.87. The van der Waals surface area contributed by atoms with E-state index in [1.807, 2.05) is 24.3 Å². The van der Waals surface area contributed by atoms with Gasteiger partial charge in [0.1, 0.15) is 17.3 Å². The molecule has 5 rings (SSSR count). The lowest BCUT2D eigenvalue weighted by Crippen LogP contribution is -2.27. The molecule has 4 nitrogen and oxygen atoms in total. The molecule has 134 valence electrons. The summed E-state index contributed by atoms with van der Waals surface area (Å²) in [6, 6.07) is 20.9. The van der Waals surface area contributed by atoms with E-state index in [2.05, 4.69) is 67.8 Å². The number of halogens is 1. The average molecular weight is 420 g/mol. The third kappa shape index (κ3) is 2.70. The molecular formula is C22H18BrN3O. The van der Waals surface area contributed by atoms with Gasteiger partial charge in [0.15, 0.2) is 5.65 Å². The minimum Gasteiger partial charge on any atom is -0.497 e. The maximum atomic E-state index is 5.29. The summed E-state index contributed by atoms with van der Waals surface area (Å²) >= 11 is 3.65. The first-order chi connectivity index (χ1) is 13.2. The highest BCUT2D eigenvalue weighted by atomic mass is 79.9. The predicted molar refractivity (Wildman–Crippen MR) is 111 cm³/mol. The van der Waals surface area contributed by atoms with Gasteiger partial charge in [-0.2, -0.15) is 0 Å². The van der Waals surface area contributed by atoms with Crippen LogP contribution in [0.15, 0.2) is 71.3 Å². The Balaban J connectivity index is 1.65. The van der Waals surface area contributed by atoms with E-state index in [9.17, 15) is 0 Å². The fourth-order valence-corrected chi connectivity index (χ4v) is 4.19. The predicted octanol–water partition coefficient (Wildman–Crippen LogP) is 5.29. The first kappa shape index (κ1) is 16.4. The van der Waals surface area contributed by atoms with Crippen LogP contribution in [0.5, 0.6) is 5.75 Å². The number of fused-ring (bicyclic) bond motifs is 5. The molecule has 1 aliphatic rings. The van der Waals surface area contributed by atoms with Crippen molar-refractivity contribution in [3.05, 3.63) is 82.5 Å². The maximum Gasteiger partial charge on any atom is 0.153 e. The summed E-state index contributed by atoms with van der Waals surface area (Å²) in [7, 11) is 1.69. The lowest BCUT2D eigenvalue weighted by molar-refractivity contribution is 0.414. The van der Waals surface area contributed by atoms with Crippen LogP contribution in [0, 0.1) is 0 Å². The van der Waals surface area contributed by atoms with E-state index in [-0.39, 0.29) is 0 Å². The van der Waals surface area contributed by atoms with Gasteiger partial charge in [0.2, 0.25) is 0 Å². The molecule has 0 spiro atoms. The molecule has 4 aromatic rings. The number of imidazole rings is 1.